The van der Waals surface area contributed by atoms with Gasteiger partial charge < -0.3 is 15.2 Å². The van der Waals surface area contributed by atoms with E-state index < -0.39 is 29.6 Å². The molecule has 2 amide bonds. The van der Waals surface area contributed by atoms with Crippen molar-refractivity contribution in [1.29, 1.82) is 0 Å². The first kappa shape index (κ1) is 22.5. The van der Waals surface area contributed by atoms with Crippen molar-refractivity contribution in [3.8, 4) is 11.6 Å². The molecule has 3 aromatic rings. The lowest BCUT2D eigenvalue weighted by Crippen LogP contribution is -2.39. The Morgan fingerprint density at radius 2 is 2.03 bits per heavy atom. The zero-order valence-electron chi connectivity index (χ0n) is 17.2. The summed E-state index contributed by atoms with van der Waals surface area (Å²) in [7, 11) is 0. The summed E-state index contributed by atoms with van der Waals surface area (Å²) < 4.78 is 59.5. The molecule has 172 valence electrons. The van der Waals surface area contributed by atoms with Crippen LogP contribution in [-0.4, -0.2) is 27.1 Å². The van der Waals surface area contributed by atoms with Gasteiger partial charge >= 0.3 is 12.2 Å². The smallest absolute Gasteiger partial charge is 0.416 e. The zero-order chi connectivity index (χ0) is 23.8. The number of aliphatic hydroxyl groups is 1. The van der Waals surface area contributed by atoms with Crippen molar-refractivity contribution in [2.45, 2.75) is 32.2 Å². The minimum atomic E-state index is -4.55. The number of anilines is 2. The van der Waals surface area contributed by atoms with Crippen LogP contribution in [0.3, 0.4) is 0 Å². The van der Waals surface area contributed by atoms with Crippen molar-refractivity contribution >= 4 is 17.4 Å². The zero-order valence-corrected chi connectivity index (χ0v) is 17.2. The molecule has 33 heavy (non-hydrogen) atoms. The van der Waals surface area contributed by atoms with Crippen molar-refractivity contribution in [2.24, 2.45) is 0 Å². The molecule has 2 heterocycles. The fraction of sp³-hybridized carbons (Fsp3) is 0.227. The van der Waals surface area contributed by atoms with E-state index in [9.17, 15) is 18.0 Å². The van der Waals surface area contributed by atoms with Crippen molar-refractivity contribution in [2.75, 3.05) is 10.2 Å². The monoisotopic (exact) mass is 462 g/mol. The molecule has 1 atom stereocenters. The molecule has 1 aliphatic rings. The highest BCUT2D eigenvalue weighted by Gasteiger charge is 2.35. The second-order valence-corrected chi connectivity index (χ2v) is 7.41. The number of aliphatic hydroxyl groups excluding tert-OH is 1. The summed E-state index contributed by atoms with van der Waals surface area (Å²) in [5, 5.41) is 11.6. The van der Waals surface area contributed by atoms with Gasteiger partial charge in [-0.05, 0) is 43.7 Å². The average molecular weight is 462 g/mol. The van der Waals surface area contributed by atoms with Crippen molar-refractivity contribution < 1.29 is 32.2 Å². The maximum absolute atomic E-state index is 15.2. The predicted octanol–water partition coefficient (Wildman–Crippen LogP) is 4.90. The molecule has 0 aliphatic carbocycles. The standard InChI is InChI=1S/C22H18F4N4O3/c1-12-7-16-17(5-6-18(20(16)23)33-19-9-15(10-31)27-11-28-19)30(12)21(32)29-14-4-2-3-13(8-14)22(24,25)26/h2-6,8-9,11-12,31H,7,10H2,1H3,(H,29,32). The molecule has 0 saturated heterocycles. The number of urea groups is 1. The van der Waals surface area contributed by atoms with E-state index >= 15 is 4.39 Å². The molecule has 0 radical (unpaired) electrons. The number of aromatic nitrogens is 2. The summed E-state index contributed by atoms with van der Waals surface area (Å²) in [6.45, 7) is 1.36. The number of nitrogens with one attached hydrogen (secondary N) is 1. The minimum absolute atomic E-state index is 0.0284. The van der Waals surface area contributed by atoms with Crippen LogP contribution in [0.25, 0.3) is 0 Å². The van der Waals surface area contributed by atoms with Gasteiger partial charge in [-0.3, -0.25) is 4.90 Å². The Hall–Kier alpha value is -3.73. The second-order valence-electron chi connectivity index (χ2n) is 7.41. The molecule has 2 N–H and O–H groups in total. The van der Waals surface area contributed by atoms with E-state index in [1.165, 1.54) is 41.6 Å². The lowest BCUT2D eigenvalue weighted by molar-refractivity contribution is -0.137. The molecule has 11 heteroatoms. The van der Waals surface area contributed by atoms with Crippen LogP contribution in [0.15, 0.2) is 48.8 Å². The van der Waals surface area contributed by atoms with Gasteiger partial charge in [0.15, 0.2) is 11.6 Å². The molecule has 2 aromatic carbocycles. The van der Waals surface area contributed by atoms with E-state index in [0.717, 1.165) is 12.1 Å². The van der Waals surface area contributed by atoms with E-state index in [1.54, 1.807) is 6.92 Å². The number of ether oxygens (including phenoxy) is 1. The van der Waals surface area contributed by atoms with Crippen LogP contribution < -0.4 is 15.0 Å². The van der Waals surface area contributed by atoms with Gasteiger partial charge in [0.05, 0.1) is 23.6 Å². The topological polar surface area (TPSA) is 87.6 Å². The fourth-order valence-electron chi connectivity index (χ4n) is 3.61. The van der Waals surface area contributed by atoms with Crippen LogP contribution in [0.2, 0.25) is 0 Å². The van der Waals surface area contributed by atoms with E-state index in [1.807, 2.05) is 0 Å². The van der Waals surface area contributed by atoms with Crippen molar-refractivity contribution in [1.82, 2.24) is 9.97 Å². The molecule has 1 unspecified atom stereocenters. The van der Waals surface area contributed by atoms with Crippen LogP contribution in [0, 0.1) is 5.82 Å². The van der Waals surface area contributed by atoms with Crippen LogP contribution in [0.4, 0.5) is 33.7 Å². The molecule has 1 aromatic heterocycles. The molecule has 0 spiro atoms. The number of amides is 2. The normalized spacial score (nSPS) is 15.3. The number of carbonyl (C=O) groups excluding carboxylic acids is 1. The van der Waals surface area contributed by atoms with E-state index in [0.29, 0.717) is 5.69 Å². The summed E-state index contributed by atoms with van der Waals surface area (Å²) in [4.78, 5) is 21.8. The highest BCUT2D eigenvalue weighted by atomic mass is 19.4. The highest BCUT2D eigenvalue weighted by molar-refractivity contribution is 6.03. The van der Waals surface area contributed by atoms with Gasteiger partial charge in [0.1, 0.15) is 6.33 Å². The third-order valence-electron chi connectivity index (χ3n) is 5.12. The first-order chi connectivity index (χ1) is 15.7. The Balaban J connectivity index is 1.57. The van der Waals surface area contributed by atoms with Gasteiger partial charge in [-0.25, -0.2) is 19.2 Å². The van der Waals surface area contributed by atoms with Gasteiger partial charge in [-0.2, -0.15) is 13.2 Å². The number of carbonyl (C=O) groups is 1. The quantitative estimate of drug-likeness (QED) is 0.539. The van der Waals surface area contributed by atoms with Crippen LogP contribution in [0.1, 0.15) is 23.7 Å². The van der Waals surface area contributed by atoms with Gasteiger partial charge in [0.2, 0.25) is 5.88 Å². The molecule has 0 fully saturated rings. The maximum atomic E-state index is 15.2. The highest BCUT2D eigenvalue weighted by Crippen LogP contribution is 2.39. The first-order valence-corrected chi connectivity index (χ1v) is 9.86. The Kier molecular flexibility index (Phi) is 5.90. The van der Waals surface area contributed by atoms with Crippen molar-refractivity contribution in [3.63, 3.8) is 0 Å². The number of halogens is 4. The summed E-state index contributed by atoms with van der Waals surface area (Å²) in [5.41, 5.74) is -0.102. The molecule has 7 nitrogen and oxygen atoms in total. The number of fused-ring (bicyclic) bond motifs is 1. The number of benzene rings is 2. The maximum Gasteiger partial charge on any atom is 0.416 e. The van der Waals surface area contributed by atoms with Gasteiger partial charge in [-0.15, -0.1) is 0 Å². The van der Waals surface area contributed by atoms with E-state index in [2.05, 4.69) is 15.3 Å². The van der Waals surface area contributed by atoms with Gasteiger partial charge in [-0.1, -0.05) is 6.07 Å². The van der Waals surface area contributed by atoms with E-state index in [-0.39, 0.29) is 41.6 Å². The first-order valence-electron chi connectivity index (χ1n) is 9.86. The summed E-state index contributed by atoms with van der Waals surface area (Å²) in [6.07, 6.45) is -3.19. The number of alkyl halides is 3. The summed E-state index contributed by atoms with van der Waals surface area (Å²) in [5.74, 6) is -0.764. The molecule has 0 saturated carbocycles. The molecule has 1 aliphatic heterocycles. The average Bonchev–Trinajstić information content (AvgIpc) is 3.12. The molecule has 4 rings (SSSR count). The van der Waals surface area contributed by atoms with Crippen molar-refractivity contribution in [3.05, 3.63) is 71.4 Å². The lowest BCUT2D eigenvalue weighted by atomic mass is 10.1. The molecular weight excluding hydrogens is 444 g/mol. The summed E-state index contributed by atoms with van der Waals surface area (Å²) in [6, 6.07) is 7.33. The van der Waals surface area contributed by atoms with Gasteiger partial charge in [0.25, 0.3) is 0 Å². The largest absolute Gasteiger partial charge is 0.436 e. The minimum Gasteiger partial charge on any atom is -0.436 e. The number of rotatable bonds is 4. The number of nitrogens with zero attached hydrogens (tertiary/aromatic N) is 3. The molecular formula is C22H18F4N4O3. The van der Waals surface area contributed by atoms with Crippen LogP contribution >= 0.6 is 0 Å². The van der Waals surface area contributed by atoms with Gasteiger partial charge in [0, 0.05) is 23.4 Å². The Morgan fingerprint density at radius 3 is 2.76 bits per heavy atom. The van der Waals surface area contributed by atoms with E-state index in [4.69, 9.17) is 9.84 Å². The second kappa shape index (κ2) is 8.66. The lowest BCUT2D eigenvalue weighted by Gasteiger charge is -2.23. The predicted molar refractivity (Wildman–Crippen MR) is 111 cm³/mol. The molecule has 0 bridgehead atoms. The summed E-state index contributed by atoms with van der Waals surface area (Å²) >= 11 is 0. The Morgan fingerprint density at radius 1 is 1.24 bits per heavy atom. The third kappa shape index (κ3) is 4.58. The van der Waals surface area contributed by atoms with Crippen LogP contribution in [-0.2, 0) is 19.2 Å². The third-order valence-corrected chi connectivity index (χ3v) is 5.12. The Labute approximate surface area is 185 Å². The number of hydrogen-bond donors (Lipinski definition) is 2. The SMILES string of the molecule is CC1Cc2c(ccc(Oc3cc(CO)ncn3)c2F)N1C(=O)Nc1cccc(C(F)(F)F)c1. The number of hydrogen-bond acceptors (Lipinski definition) is 5. The Bertz CT molecular complexity index is 1200. The van der Waals surface area contributed by atoms with Crippen LogP contribution in [0.5, 0.6) is 11.6 Å². The fourth-order valence-corrected chi connectivity index (χ4v) is 3.61.